The number of aromatic nitrogens is 7. The minimum Gasteiger partial charge on any atom is -0.390 e. The first-order chi connectivity index (χ1) is 20.3. The van der Waals surface area contributed by atoms with Crippen molar-refractivity contribution in [1.29, 1.82) is 0 Å². The third-order valence-corrected chi connectivity index (χ3v) is 6.46. The number of nitrogens with zero attached hydrogens (tertiary/aromatic N) is 7. The predicted molar refractivity (Wildman–Crippen MR) is 142 cm³/mol. The molecule has 0 aliphatic rings. The van der Waals surface area contributed by atoms with E-state index in [-0.39, 0.29) is 29.3 Å². The molecule has 2 N–H and O–H groups in total. The molecule has 4 rings (SSSR count). The van der Waals surface area contributed by atoms with E-state index in [1.165, 1.54) is 38.1 Å². The Kier molecular flexibility index (Phi) is 9.04. The summed E-state index contributed by atoms with van der Waals surface area (Å²) in [5, 5.41) is 28.0. The number of hydrogen-bond donors (Lipinski definition) is 2. The summed E-state index contributed by atoms with van der Waals surface area (Å²) >= 11 is 5.89. The van der Waals surface area contributed by atoms with Gasteiger partial charge in [-0.1, -0.05) is 11.6 Å². The van der Waals surface area contributed by atoms with Crippen molar-refractivity contribution in [3.05, 3.63) is 75.3 Å². The van der Waals surface area contributed by atoms with Crippen LogP contribution in [-0.2, 0) is 19.3 Å². The van der Waals surface area contributed by atoms with Gasteiger partial charge in [0.1, 0.15) is 12.1 Å². The zero-order chi connectivity index (χ0) is 32.6. The second kappa shape index (κ2) is 12.1. The first-order valence-corrected chi connectivity index (χ1v) is 13.2. The van der Waals surface area contributed by atoms with Crippen LogP contribution >= 0.6 is 11.6 Å². The van der Waals surface area contributed by atoms with E-state index < -0.39 is 71.7 Å². The number of aliphatic hydroxyl groups is 2. The molecule has 0 radical (unpaired) electrons. The zero-order valence-corrected chi connectivity index (χ0v) is 23.7. The second-order valence-electron chi connectivity index (χ2n) is 10.3. The molecule has 4 aromatic rings. The van der Waals surface area contributed by atoms with Gasteiger partial charge in [-0.15, -0.1) is 10.2 Å². The van der Waals surface area contributed by atoms with Crippen LogP contribution in [0.4, 0.5) is 26.3 Å². The molecule has 0 spiro atoms. The summed E-state index contributed by atoms with van der Waals surface area (Å²) in [6.45, 7) is 0.925. The number of aliphatic hydroxyl groups excluding tert-OH is 1. The Balaban J connectivity index is 1.82. The molecule has 0 unspecified atom stereocenters. The maximum Gasteiger partial charge on any atom is 0.420 e. The summed E-state index contributed by atoms with van der Waals surface area (Å²) in [4.78, 5) is 34.1. The normalized spacial score (nSPS) is 13.3. The van der Waals surface area contributed by atoms with Crippen LogP contribution in [0.5, 0.6) is 0 Å². The third kappa shape index (κ3) is 7.51. The Labute approximate surface area is 249 Å². The Morgan fingerprint density at radius 1 is 1.05 bits per heavy atom. The summed E-state index contributed by atoms with van der Waals surface area (Å²) in [7, 11) is 0. The first-order valence-electron chi connectivity index (χ1n) is 12.8. The van der Waals surface area contributed by atoms with Gasteiger partial charge in [0.15, 0.2) is 29.4 Å². The van der Waals surface area contributed by atoms with Gasteiger partial charge in [-0.25, -0.2) is 19.4 Å². The fraction of sp³-hybridized carbons (Fsp3) is 0.385. The van der Waals surface area contributed by atoms with Crippen LogP contribution in [-0.4, -0.2) is 68.0 Å². The lowest BCUT2D eigenvalue weighted by Gasteiger charge is -2.16. The van der Waals surface area contributed by atoms with Crippen LogP contribution in [0.2, 0.25) is 5.02 Å². The van der Waals surface area contributed by atoms with Crippen molar-refractivity contribution in [3.63, 3.8) is 0 Å². The monoisotopic (exact) mass is 647 g/mol. The highest BCUT2D eigenvalue weighted by atomic mass is 35.5. The first kappa shape index (κ1) is 32.8. The molecule has 18 heteroatoms. The summed E-state index contributed by atoms with van der Waals surface area (Å²) in [6, 6.07) is 7.27. The largest absolute Gasteiger partial charge is 0.420 e. The van der Waals surface area contributed by atoms with Gasteiger partial charge in [-0.3, -0.25) is 9.36 Å². The molecule has 236 valence electrons. The average molecular weight is 648 g/mol. The summed E-state index contributed by atoms with van der Waals surface area (Å²) in [6.07, 6.45) is -12.3. The molecule has 0 saturated carbocycles. The number of carbonyl (C=O) groups is 1. The fourth-order valence-corrected chi connectivity index (χ4v) is 4.13. The lowest BCUT2D eigenvalue weighted by Crippen LogP contribution is -2.37. The number of ketones is 1. The predicted octanol–water partition coefficient (Wildman–Crippen LogP) is 4.07. The number of carbonyl (C=O) groups excluding carboxylic acids is 1. The molecule has 11 nitrogen and oxygen atoms in total. The van der Waals surface area contributed by atoms with E-state index >= 15 is 0 Å². The van der Waals surface area contributed by atoms with Crippen LogP contribution in [0.15, 0.2) is 47.4 Å². The van der Waals surface area contributed by atoms with Crippen LogP contribution in [0.3, 0.4) is 0 Å². The molecule has 1 aromatic carbocycles. The molecule has 0 amide bonds. The maximum atomic E-state index is 13.8. The standard InChI is InChI=1S/C26H24ClF6N7O4/c1-24(2,44)10-9-17(41)22-35-19(36-40(22)21-16(25(28,29)30)4-3-11-34-21)13-39-23(43)38(12-18(42)26(31,32)33)20(37-39)14-5-7-15(27)8-6-14/h3-8,11,18,42,44H,9-10,12-13H2,1-2H3/t18-/m0/s1. The number of rotatable bonds is 10. The van der Waals surface area contributed by atoms with Crippen molar-refractivity contribution >= 4 is 17.4 Å². The fourth-order valence-electron chi connectivity index (χ4n) is 4.00. The summed E-state index contributed by atoms with van der Waals surface area (Å²) < 4.78 is 82.7. The summed E-state index contributed by atoms with van der Waals surface area (Å²) in [5.74, 6) is -2.89. The molecule has 0 bridgehead atoms. The molecule has 3 heterocycles. The maximum absolute atomic E-state index is 13.8. The molecule has 1 atom stereocenters. The van der Waals surface area contributed by atoms with E-state index in [2.05, 4.69) is 20.2 Å². The van der Waals surface area contributed by atoms with Crippen molar-refractivity contribution in [3.8, 4) is 17.2 Å². The minimum atomic E-state index is -5.07. The van der Waals surface area contributed by atoms with Gasteiger partial charge < -0.3 is 10.2 Å². The number of pyridine rings is 1. The molecule has 44 heavy (non-hydrogen) atoms. The Morgan fingerprint density at radius 3 is 2.30 bits per heavy atom. The molecular formula is C26H24ClF6N7O4. The molecule has 0 aliphatic carbocycles. The van der Waals surface area contributed by atoms with Crippen LogP contribution < -0.4 is 5.69 Å². The Morgan fingerprint density at radius 2 is 1.70 bits per heavy atom. The molecular weight excluding hydrogens is 624 g/mol. The van der Waals surface area contributed by atoms with Gasteiger partial charge in [0.25, 0.3) is 0 Å². The number of hydrogen-bond acceptors (Lipinski definition) is 8. The molecule has 0 aliphatic heterocycles. The van der Waals surface area contributed by atoms with Gasteiger partial charge in [0.2, 0.25) is 5.82 Å². The number of Topliss-reactive ketones (excluding diaryl/α,β-unsaturated/α-hetero) is 1. The van der Waals surface area contributed by atoms with E-state index in [1.807, 2.05) is 0 Å². The summed E-state index contributed by atoms with van der Waals surface area (Å²) in [5.41, 5.74) is -3.53. The van der Waals surface area contributed by atoms with Gasteiger partial charge in [-0.2, -0.15) is 31.0 Å². The lowest BCUT2D eigenvalue weighted by molar-refractivity contribution is -0.207. The van der Waals surface area contributed by atoms with Crippen molar-refractivity contribution in [2.75, 3.05) is 0 Å². The molecule has 3 aromatic heterocycles. The van der Waals surface area contributed by atoms with E-state index in [0.29, 0.717) is 20.0 Å². The average Bonchev–Trinajstić information content (AvgIpc) is 3.48. The van der Waals surface area contributed by atoms with Crippen LogP contribution in [0.25, 0.3) is 17.2 Å². The minimum absolute atomic E-state index is 0.0851. The van der Waals surface area contributed by atoms with Crippen LogP contribution in [0.1, 0.15) is 48.7 Å². The molecule has 0 saturated heterocycles. The number of benzene rings is 1. The zero-order valence-electron chi connectivity index (χ0n) is 22.9. The SMILES string of the molecule is CC(C)(O)CCC(=O)c1nc(Cn2nc(-c3ccc(Cl)cc3)n(C[C@H](O)C(F)(F)F)c2=O)nn1-c1ncccc1C(F)(F)F. The Hall–Kier alpha value is -4.09. The van der Waals surface area contributed by atoms with E-state index in [9.17, 15) is 46.1 Å². The van der Waals surface area contributed by atoms with Crippen molar-refractivity contribution < 1.29 is 41.4 Å². The number of halogens is 7. The number of alkyl halides is 6. The van der Waals surface area contributed by atoms with E-state index in [0.717, 1.165) is 12.3 Å². The topological polar surface area (TPSA) is 141 Å². The van der Waals surface area contributed by atoms with E-state index in [1.54, 1.807) is 0 Å². The smallest absolute Gasteiger partial charge is 0.390 e. The van der Waals surface area contributed by atoms with Crippen molar-refractivity contribution in [2.24, 2.45) is 0 Å². The van der Waals surface area contributed by atoms with E-state index in [4.69, 9.17) is 11.6 Å². The third-order valence-electron chi connectivity index (χ3n) is 6.21. The van der Waals surface area contributed by atoms with Gasteiger partial charge >= 0.3 is 18.0 Å². The highest BCUT2D eigenvalue weighted by Crippen LogP contribution is 2.33. The highest BCUT2D eigenvalue weighted by molar-refractivity contribution is 6.30. The quantitative estimate of drug-likeness (QED) is 0.194. The molecule has 0 fully saturated rings. The second-order valence-corrected chi connectivity index (χ2v) is 10.7. The van der Waals surface area contributed by atoms with Crippen molar-refractivity contribution in [2.45, 2.75) is 63.8 Å². The van der Waals surface area contributed by atoms with Crippen LogP contribution in [0, 0.1) is 0 Å². The van der Waals surface area contributed by atoms with Crippen molar-refractivity contribution in [1.82, 2.24) is 34.1 Å². The lowest BCUT2D eigenvalue weighted by atomic mass is 10.0. The van der Waals surface area contributed by atoms with Gasteiger partial charge in [0, 0.05) is 23.2 Å². The Bertz CT molecular complexity index is 1710. The van der Waals surface area contributed by atoms with Gasteiger partial charge in [0.05, 0.1) is 12.1 Å². The highest BCUT2D eigenvalue weighted by Gasteiger charge is 2.40. The van der Waals surface area contributed by atoms with Gasteiger partial charge in [-0.05, 0) is 56.7 Å².